The second-order valence-corrected chi connectivity index (χ2v) is 7.34. The SMILES string of the molecule is Cc1cc(Cl)cc(I)c1CN1[C@@H](C)CN(C(=O)O)C[C@@H]1C. The zero-order chi connectivity index (χ0) is 15.7. The summed E-state index contributed by atoms with van der Waals surface area (Å²) in [6.07, 6.45) is -0.828. The molecule has 21 heavy (non-hydrogen) atoms. The fourth-order valence-corrected chi connectivity index (χ4v) is 4.33. The smallest absolute Gasteiger partial charge is 0.407 e. The van der Waals surface area contributed by atoms with Gasteiger partial charge >= 0.3 is 6.09 Å². The standard InChI is InChI=1S/C15H20ClIN2O2/c1-9-4-12(16)5-14(17)13(9)8-19-10(2)6-18(15(20)21)7-11(19)3/h4-5,10-11H,6-8H2,1-3H3,(H,20,21)/t10-,11-/m0/s1. The minimum Gasteiger partial charge on any atom is -0.465 e. The van der Waals surface area contributed by atoms with Crippen LogP contribution in [0.2, 0.25) is 5.02 Å². The number of hydrogen-bond donors (Lipinski definition) is 1. The molecule has 4 nitrogen and oxygen atoms in total. The Morgan fingerprint density at radius 3 is 2.43 bits per heavy atom. The highest BCUT2D eigenvalue weighted by molar-refractivity contribution is 14.1. The average molecular weight is 423 g/mol. The minimum absolute atomic E-state index is 0.204. The summed E-state index contributed by atoms with van der Waals surface area (Å²) in [6, 6.07) is 4.38. The molecule has 1 saturated heterocycles. The van der Waals surface area contributed by atoms with Crippen molar-refractivity contribution in [1.82, 2.24) is 9.80 Å². The van der Waals surface area contributed by atoms with Gasteiger partial charge in [0.2, 0.25) is 0 Å². The number of aryl methyl sites for hydroxylation is 1. The predicted octanol–water partition coefficient (Wildman–Crippen LogP) is 3.83. The van der Waals surface area contributed by atoms with Gasteiger partial charge in [-0.3, -0.25) is 4.90 Å². The summed E-state index contributed by atoms with van der Waals surface area (Å²) in [5.74, 6) is 0. The third-order valence-corrected chi connectivity index (χ3v) is 5.28. The lowest BCUT2D eigenvalue weighted by atomic mass is 10.0. The number of halogens is 2. The molecule has 0 saturated carbocycles. The monoisotopic (exact) mass is 422 g/mol. The predicted molar refractivity (Wildman–Crippen MR) is 93.0 cm³/mol. The van der Waals surface area contributed by atoms with Crippen molar-refractivity contribution >= 4 is 40.3 Å². The summed E-state index contributed by atoms with van der Waals surface area (Å²) < 4.78 is 1.16. The van der Waals surface area contributed by atoms with Gasteiger partial charge in [0.05, 0.1) is 0 Å². The molecule has 0 radical (unpaired) electrons. The van der Waals surface area contributed by atoms with Crippen LogP contribution in [-0.2, 0) is 6.54 Å². The van der Waals surface area contributed by atoms with Gasteiger partial charge in [0.25, 0.3) is 0 Å². The highest BCUT2D eigenvalue weighted by atomic mass is 127. The molecule has 0 unspecified atom stereocenters. The van der Waals surface area contributed by atoms with Crippen LogP contribution >= 0.6 is 34.2 Å². The number of nitrogens with zero attached hydrogens (tertiary/aromatic N) is 2. The second-order valence-electron chi connectivity index (χ2n) is 5.74. The van der Waals surface area contributed by atoms with E-state index in [1.807, 2.05) is 12.1 Å². The molecule has 0 aromatic heterocycles. The van der Waals surface area contributed by atoms with Gasteiger partial charge in [-0.2, -0.15) is 0 Å². The first kappa shape index (κ1) is 16.8. The minimum atomic E-state index is -0.828. The van der Waals surface area contributed by atoms with Crippen molar-refractivity contribution in [1.29, 1.82) is 0 Å². The maximum absolute atomic E-state index is 11.1. The first-order valence-electron chi connectivity index (χ1n) is 6.97. The Hall–Kier alpha value is -0.530. The van der Waals surface area contributed by atoms with Crippen molar-refractivity contribution in [2.75, 3.05) is 13.1 Å². The largest absolute Gasteiger partial charge is 0.465 e. The highest BCUT2D eigenvalue weighted by Gasteiger charge is 2.32. The number of amides is 1. The van der Waals surface area contributed by atoms with Crippen LogP contribution in [0.25, 0.3) is 0 Å². The summed E-state index contributed by atoms with van der Waals surface area (Å²) >= 11 is 8.41. The lowest BCUT2D eigenvalue weighted by Crippen LogP contribution is -2.57. The highest BCUT2D eigenvalue weighted by Crippen LogP contribution is 2.26. The van der Waals surface area contributed by atoms with Crippen molar-refractivity contribution in [3.8, 4) is 0 Å². The molecule has 1 heterocycles. The zero-order valence-corrected chi connectivity index (χ0v) is 15.3. The van der Waals surface area contributed by atoms with Gasteiger partial charge in [-0.25, -0.2) is 4.79 Å². The Labute approximate surface area is 144 Å². The maximum Gasteiger partial charge on any atom is 0.407 e. The van der Waals surface area contributed by atoms with Crippen LogP contribution in [-0.4, -0.2) is 46.2 Å². The lowest BCUT2D eigenvalue weighted by molar-refractivity contribution is 0.0347. The molecule has 1 aliphatic rings. The molecule has 1 N–H and O–H groups in total. The molecule has 2 rings (SSSR count). The van der Waals surface area contributed by atoms with Crippen molar-refractivity contribution in [2.24, 2.45) is 0 Å². The van der Waals surface area contributed by atoms with Crippen molar-refractivity contribution in [3.05, 3.63) is 31.9 Å². The van der Waals surface area contributed by atoms with Crippen molar-refractivity contribution in [3.63, 3.8) is 0 Å². The molecule has 1 aromatic carbocycles. The van der Waals surface area contributed by atoms with E-state index in [0.29, 0.717) is 13.1 Å². The van der Waals surface area contributed by atoms with E-state index in [4.69, 9.17) is 16.7 Å². The maximum atomic E-state index is 11.1. The molecule has 2 atom stereocenters. The molecule has 0 aliphatic carbocycles. The molecule has 1 fully saturated rings. The van der Waals surface area contributed by atoms with Gasteiger partial charge in [-0.05, 0) is 66.6 Å². The Morgan fingerprint density at radius 2 is 1.95 bits per heavy atom. The van der Waals surface area contributed by atoms with E-state index in [0.717, 1.165) is 15.1 Å². The summed E-state index contributed by atoms with van der Waals surface area (Å²) in [5.41, 5.74) is 2.47. The molecule has 6 heteroatoms. The second kappa shape index (κ2) is 6.71. The van der Waals surface area contributed by atoms with Crippen LogP contribution in [0.15, 0.2) is 12.1 Å². The molecule has 1 aromatic rings. The number of benzene rings is 1. The summed E-state index contributed by atoms with van der Waals surface area (Å²) in [4.78, 5) is 15.0. The Kier molecular flexibility index (Phi) is 5.38. The lowest BCUT2D eigenvalue weighted by Gasteiger charge is -2.43. The van der Waals surface area contributed by atoms with Crippen LogP contribution in [0.4, 0.5) is 4.79 Å². The van der Waals surface area contributed by atoms with Gasteiger partial charge in [0, 0.05) is 40.3 Å². The fraction of sp³-hybridized carbons (Fsp3) is 0.533. The molecule has 116 valence electrons. The number of piperazine rings is 1. The summed E-state index contributed by atoms with van der Waals surface area (Å²) in [5, 5.41) is 9.92. The third-order valence-electron chi connectivity index (χ3n) is 4.10. The number of rotatable bonds is 2. The normalized spacial score (nSPS) is 23.4. The molecule has 1 aliphatic heterocycles. The van der Waals surface area contributed by atoms with E-state index < -0.39 is 6.09 Å². The Balaban J connectivity index is 2.18. The molecule has 0 bridgehead atoms. The van der Waals surface area contributed by atoms with Crippen LogP contribution in [0.3, 0.4) is 0 Å². The van der Waals surface area contributed by atoms with Crippen LogP contribution in [0.5, 0.6) is 0 Å². The third kappa shape index (κ3) is 3.81. The zero-order valence-electron chi connectivity index (χ0n) is 12.4. The van der Waals surface area contributed by atoms with Crippen molar-refractivity contribution < 1.29 is 9.90 Å². The molecule has 0 spiro atoms. The number of carboxylic acid groups (broad SMARTS) is 1. The molecule has 1 amide bonds. The molecular weight excluding hydrogens is 403 g/mol. The van der Waals surface area contributed by atoms with E-state index in [-0.39, 0.29) is 12.1 Å². The Morgan fingerprint density at radius 1 is 1.38 bits per heavy atom. The topological polar surface area (TPSA) is 43.8 Å². The first-order valence-corrected chi connectivity index (χ1v) is 8.43. The number of hydrogen-bond acceptors (Lipinski definition) is 2. The van der Waals surface area contributed by atoms with E-state index in [1.165, 1.54) is 16.0 Å². The fourth-order valence-electron chi connectivity index (χ4n) is 2.94. The number of carbonyl (C=O) groups is 1. The quantitative estimate of drug-likeness (QED) is 0.737. The van der Waals surface area contributed by atoms with Crippen molar-refractivity contribution in [2.45, 2.75) is 39.4 Å². The van der Waals surface area contributed by atoms with Crippen LogP contribution in [0.1, 0.15) is 25.0 Å². The van der Waals surface area contributed by atoms with E-state index in [1.54, 1.807) is 0 Å². The van der Waals surface area contributed by atoms with Gasteiger partial charge in [-0.1, -0.05) is 11.6 Å². The average Bonchev–Trinajstić information content (AvgIpc) is 2.35. The van der Waals surface area contributed by atoms with Crippen LogP contribution < -0.4 is 0 Å². The van der Waals surface area contributed by atoms with E-state index >= 15 is 0 Å². The Bertz CT molecular complexity index is 517. The molecular formula is C15H20ClIN2O2. The van der Waals surface area contributed by atoms with Crippen LogP contribution in [0, 0.1) is 10.5 Å². The van der Waals surface area contributed by atoms with E-state index in [9.17, 15) is 4.79 Å². The van der Waals surface area contributed by atoms with Gasteiger partial charge in [-0.15, -0.1) is 0 Å². The summed E-state index contributed by atoms with van der Waals surface area (Å²) in [7, 11) is 0. The van der Waals surface area contributed by atoms with Gasteiger partial charge in [0.1, 0.15) is 0 Å². The van der Waals surface area contributed by atoms with Gasteiger partial charge in [0.15, 0.2) is 0 Å². The van der Waals surface area contributed by atoms with Gasteiger partial charge < -0.3 is 10.0 Å². The summed E-state index contributed by atoms with van der Waals surface area (Å²) in [6.45, 7) is 8.20. The van der Waals surface area contributed by atoms with E-state index in [2.05, 4.69) is 48.3 Å². The first-order chi connectivity index (χ1) is 9.79.